The van der Waals surface area contributed by atoms with Crippen LogP contribution in [0, 0.1) is 10.1 Å². The summed E-state index contributed by atoms with van der Waals surface area (Å²) in [6.45, 7) is 0. The minimum atomic E-state index is -0.475. The number of hydrogen-bond donors (Lipinski definition) is 2. The van der Waals surface area contributed by atoms with Crippen molar-refractivity contribution in [2.75, 3.05) is 10.6 Å². The highest BCUT2D eigenvalue weighted by Gasteiger charge is 2.17. The third-order valence-corrected chi connectivity index (χ3v) is 5.95. The summed E-state index contributed by atoms with van der Waals surface area (Å²) >= 11 is 1.26. The lowest BCUT2D eigenvalue weighted by molar-refractivity contribution is -0.384. The van der Waals surface area contributed by atoms with E-state index in [0.717, 1.165) is 4.70 Å². The van der Waals surface area contributed by atoms with Crippen LogP contribution in [0.5, 0.6) is 0 Å². The molecule has 0 fully saturated rings. The Morgan fingerprint density at radius 2 is 1.89 bits per heavy atom. The number of anilines is 2. The lowest BCUT2D eigenvalue weighted by Gasteiger charge is -2.01. The second-order valence-electron chi connectivity index (χ2n) is 7.43. The fraction of sp³-hybridized carbons (Fsp3) is 0. The Morgan fingerprint density at radius 1 is 1.03 bits per heavy atom. The number of fused-ring (bicyclic) bond motifs is 1. The maximum Gasteiger partial charge on any atom is 0.293 e. The van der Waals surface area contributed by atoms with Crippen LogP contribution in [0.4, 0.5) is 16.5 Å². The molecule has 0 aliphatic carbocycles. The smallest absolute Gasteiger partial charge is 0.293 e. The number of para-hydroxylation sites is 1. The van der Waals surface area contributed by atoms with Crippen molar-refractivity contribution >= 4 is 56.0 Å². The molecule has 0 bridgehead atoms. The number of benzene rings is 2. The van der Waals surface area contributed by atoms with Gasteiger partial charge in [-0.25, -0.2) is 4.98 Å². The van der Waals surface area contributed by atoms with Crippen molar-refractivity contribution in [1.29, 1.82) is 0 Å². The minimum Gasteiger partial charge on any atom is -0.459 e. The maximum atomic E-state index is 12.4. The summed E-state index contributed by atoms with van der Waals surface area (Å²) in [4.78, 5) is 39.7. The normalized spacial score (nSPS) is 11.1. The molecule has 2 N–H and O–H groups in total. The highest BCUT2D eigenvalue weighted by atomic mass is 32.1. The van der Waals surface area contributed by atoms with E-state index in [-0.39, 0.29) is 11.4 Å². The van der Waals surface area contributed by atoms with Crippen molar-refractivity contribution in [1.82, 2.24) is 4.98 Å². The van der Waals surface area contributed by atoms with Crippen LogP contribution in [0.2, 0.25) is 0 Å². The molecule has 2 aromatic carbocycles. The van der Waals surface area contributed by atoms with Gasteiger partial charge in [-0.1, -0.05) is 23.5 Å². The molecule has 3 aromatic heterocycles. The summed E-state index contributed by atoms with van der Waals surface area (Å²) in [5.41, 5.74) is 1.50. The molecule has 36 heavy (non-hydrogen) atoms. The zero-order valence-electron chi connectivity index (χ0n) is 18.3. The molecule has 10 nitrogen and oxygen atoms in total. The van der Waals surface area contributed by atoms with Crippen LogP contribution < -0.4 is 10.6 Å². The van der Waals surface area contributed by atoms with E-state index in [4.69, 9.17) is 8.83 Å². The van der Waals surface area contributed by atoms with Crippen LogP contribution in [-0.4, -0.2) is 21.7 Å². The molecular weight excluding hydrogens is 484 g/mol. The van der Waals surface area contributed by atoms with Crippen molar-refractivity contribution in [3.8, 4) is 11.3 Å². The summed E-state index contributed by atoms with van der Waals surface area (Å²) in [6, 6.07) is 17.9. The number of hydrogen-bond acceptors (Lipinski definition) is 8. The second-order valence-corrected chi connectivity index (χ2v) is 8.46. The topological polar surface area (TPSA) is 141 Å². The molecule has 0 radical (unpaired) electrons. The molecule has 2 amide bonds. The van der Waals surface area contributed by atoms with Gasteiger partial charge in [-0.15, -0.1) is 0 Å². The van der Waals surface area contributed by atoms with Crippen molar-refractivity contribution in [2.45, 2.75) is 0 Å². The van der Waals surface area contributed by atoms with Crippen LogP contribution in [0.25, 0.3) is 27.6 Å². The molecular formula is C25H16N4O6S. The first-order chi connectivity index (χ1) is 17.5. The van der Waals surface area contributed by atoms with E-state index in [2.05, 4.69) is 15.6 Å². The standard InChI is InChI=1S/C25H16N4O6S/c30-23(12-9-16-8-11-20(35-16)17-4-1-2-5-19(17)29(32)33)26-15-7-10-18-22(14-15)36-25(27-18)28-24(31)21-6-3-13-34-21/h1-14H,(H,26,30)(H,27,28,31)/b12-9+. The van der Waals surface area contributed by atoms with Gasteiger partial charge >= 0.3 is 0 Å². The van der Waals surface area contributed by atoms with Crippen molar-refractivity contribution < 1.29 is 23.3 Å². The Kier molecular flexibility index (Phi) is 6.12. The van der Waals surface area contributed by atoms with E-state index in [1.807, 2.05) is 0 Å². The number of nitro benzene ring substituents is 1. The van der Waals surface area contributed by atoms with Gasteiger partial charge in [0.2, 0.25) is 5.91 Å². The predicted octanol–water partition coefficient (Wildman–Crippen LogP) is 5.96. The van der Waals surface area contributed by atoms with Crippen LogP contribution in [0.1, 0.15) is 16.3 Å². The first kappa shape index (κ1) is 22.7. The Balaban J connectivity index is 1.25. The number of nitrogens with zero attached hydrogens (tertiary/aromatic N) is 2. The molecule has 0 aliphatic heterocycles. The first-order valence-electron chi connectivity index (χ1n) is 10.5. The van der Waals surface area contributed by atoms with Crippen molar-refractivity contribution in [3.05, 3.63) is 101 Å². The van der Waals surface area contributed by atoms with Gasteiger partial charge in [0, 0.05) is 17.8 Å². The maximum absolute atomic E-state index is 12.4. The van der Waals surface area contributed by atoms with Gasteiger partial charge in [-0.05, 0) is 54.6 Å². The number of aromatic nitrogens is 1. The summed E-state index contributed by atoms with van der Waals surface area (Å²) in [5.74, 6) is 0.0790. The van der Waals surface area contributed by atoms with Crippen LogP contribution >= 0.6 is 11.3 Å². The Morgan fingerprint density at radius 3 is 2.69 bits per heavy atom. The van der Waals surface area contributed by atoms with E-state index < -0.39 is 16.7 Å². The van der Waals surface area contributed by atoms with E-state index in [1.54, 1.807) is 60.7 Å². The Labute approximate surface area is 207 Å². The summed E-state index contributed by atoms with van der Waals surface area (Å²) in [7, 11) is 0. The van der Waals surface area contributed by atoms with E-state index in [1.165, 1.54) is 35.8 Å². The van der Waals surface area contributed by atoms with Gasteiger partial charge in [-0.2, -0.15) is 0 Å². The number of furan rings is 2. The number of rotatable bonds is 7. The van der Waals surface area contributed by atoms with E-state index in [0.29, 0.717) is 33.4 Å². The van der Waals surface area contributed by atoms with Gasteiger partial charge in [0.05, 0.1) is 27.0 Å². The lowest BCUT2D eigenvalue weighted by atomic mass is 10.1. The van der Waals surface area contributed by atoms with Crippen LogP contribution in [0.15, 0.2) is 87.9 Å². The molecule has 5 rings (SSSR count). The fourth-order valence-electron chi connectivity index (χ4n) is 3.39. The number of thiazole rings is 1. The summed E-state index contributed by atoms with van der Waals surface area (Å²) in [6.07, 6.45) is 4.19. The first-order valence-corrected chi connectivity index (χ1v) is 11.4. The van der Waals surface area contributed by atoms with Gasteiger partial charge in [0.25, 0.3) is 11.6 Å². The summed E-state index contributed by atoms with van der Waals surface area (Å²) < 4.78 is 11.5. The zero-order valence-corrected chi connectivity index (χ0v) is 19.2. The third-order valence-electron chi connectivity index (χ3n) is 5.01. The lowest BCUT2D eigenvalue weighted by Crippen LogP contribution is -2.10. The highest BCUT2D eigenvalue weighted by molar-refractivity contribution is 7.22. The number of nitrogens with one attached hydrogen (secondary N) is 2. The van der Waals surface area contributed by atoms with Crippen molar-refractivity contribution in [2.24, 2.45) is 0 Å². The largest absolute Gasteiger partial charge is 0.459 e. The molecule has 178 valence electrons. The molecule has 0 saturated heterocycles. The molecule has 0 saturated carbocycles. The Bertz CT molecular complexity index is 1620. The van der Waals surface area contributed by atoms with Gasteiger partial charge in [0.15, 0.2) is 10.9 Å². The number of carbonyl (C=O) groups is 2. The molecule has 0 aliphatic rings. The number of amides is 2. The highest BCUT2D eigenvalue weighted by Crippen LogP contribution is 2.31. The molecule has 0 spiro atoms. The van der Waals surface area contributed by atoms with E-state index in [9.17, 15) is 19.7 Å². The second kappa shape index (κ2) is 9.68. The third kappa shape index (κ3) is 4.91. The minimum absolute atomic E-state index is 0.0673. The Hall–Kier alpha value is -5.03. The number of nitro groups is 1. The quantitative estimate of drug-likeness (QED) is 0.159. The monoisotopic (exact) mass is 500 g/mol. The van der Waals surface area contributed by atoms with E-state index >= 15 is 0 Å². The zero-order chi connectivity index (χ0) is 25.1. The average molecular weight is 500 g/mol. The molecule has 0 unspecified atom stereocenters. The SMILES string of the molecule is O=C(/C=C/c1ccc(-c2ccccc2[N+](=O)[O-])o1)Nc1ccc2nc(NC(=O)c3ccco3)sc2c1. The van der Waals surface area contributed by atoms with Crippen molar-refractivity contribution in [3.63, 3.8) is 0 Å². The molecule has 3 heterocycles. The fourth-order valence-corrected chi connectivity index (χ4v) is 4.29. The average Bonchev–Trinajstić information content (AvgIpc) is 3.63. The molecule has 0 atom stereocenters. The summed E-state index contributed by atoms with van der Waals surface area (Å²) in [5, 5.41) is 17.1. The van der Waals surface area contributed by atoms with Crippen LogP contribution in [0.3, 0.4) is 0 Å². The van der Waals surface area contributed by atoms with Gasteiger partial charge < -0.3 is 14.2 Å². The van der Waals surface area contributed by atoms with Gasteiger partial charge in [0.1, 0.15) is 11.5 Å². The molecule has 5 aromatic rings. The molecule has 11 heteroatoms. The van der Waals surface area contributed by atoms with Crippen LogP contribution in [-0.2, 0) is 4.79 Å². The number of carbonyl (C=O) groups excluding carboxylic acids is 2. The predicted molar refractivity (Wildman–Crippen MR) is 135 cm³/mol. The van der Waals surface area contributed by atoms with Gasteiger partial charge in [-0.3, -0.25) is 25.0 Å².